The first-order valence-corrected chi connectivity index (χ1v) is 13.4. The Morgan fingerprint density at radius 2 is 1.82 bits per heavy atom. The number of nitrogens with zero attached hydrogens (tertiary/aromatic N) is 2. The molecular formula is C30H39N3O5. The molecule has 2 fully saturated rings. The van der Waals surface area contributed by atoms with Crippen molar-refractivity contribution in [1.82, 2.24) is 10.2 Å². The van der Waals surface area contributed by atoms with Gasteiger partial charge in [0, 0.05) is 24.2 Å². The van der Waals surface area contributed by atoms with Crippen molar-refractivity contribution in [1.29, 1.82) is 0 Å². The van der Waals surface area contributed by atoms with Crippen molar-refractivity contribution in [2.75, 3.05) is 20.3 Å². The number of nitrogens with one attached hydrogen (secondary N) is 1. The molecule has 2 aromatic rings. The second kappa shape index (κ2) is 11.9. The third-order valence-corrected chi connectivity index (χ3v) is 7.70. The van der Waals surface area contributed by atoms with Gasteiger partial charge >= 0.3 is 5.97 Å². The molecule has 2 N–H and O–H groups in total. The largest absolute Gasteiger partial charge is 0.497 e. The Morgan fingerprint density at radius 3 is 2.45 bits per heavy atom. The molecule has 4 rings (SSSR count). The fourth-order valence-electron chi connectivity index (χ4n) is 5.45. The number of carboxylic acids is 1. The Kier molecular flexibility index (Phi) is 8.59. The van der Waals surface area contributed by atoms with E-state index in [2.05, 4.69) is 31.0 Å². The van der Waals surface area contributed by atoms with Crippen LogP contribution in [0.5, 0.6) is 5.75 Å². The van der Waals surface area contributed by atoms with E-state index in [4.69, 9.17) is 19.6 Å². The molecule has 0 spiro atoms. The van der Waals surface area contributed by atoms with Gasteiger partial charge < -0.3 is 24.8 Å². The Morgan fingerprint density at radius 1 is 1.11 bits per heavy atom. The van der Waals surface area contributed by atoms with Crippen molar-refractivity contribution >= 4 is 23.6 Å². The van der Waals surface area contributed by atoms with Gasteiger partial charge in [-0.1, -0.05) is 39.0 Å². The van der Waals surface area contributed by atoms with Gasteiger partial charge in [-0.15, -0.1) is 0 Å². The van der Waals surface area contributed by atoms with E-state index in [1.165, 1.54) is 12.8 Å². The third-order valence-electron chi connectivity index (χ3n) is 7.70. The lowest BCUT2D eigenvalue weighted by atomic mass is 9.71. The molecule has 1 atom stereocenters. The topological polar surface area (TPSA) is 100 Å². The maximum atomic E-state index is 12.4. The lowest BCUT2D eigenvalue weighted by molar-refractivity contribution is -0.136. The van der Waals surface area contributed by atoms with Gasteiger partial charge in [0.1, 0.15) is 12.4 Å². The van der Waals surface area contributed by atoms with Crippen LogP contribution in [-0.2, 0) is 9.53 Å². The van der Waals surface area contributed by atoms with E-state index in [9.17, 15) is 9.59 Å². The summed E-state index contributed by atoms with van der Waals surface area (Å²) in [7, 11) is 1.64. The van der Waals surface area contributed by atoms with Crippen LogP contribution in [-0.4, -0.2) is 54.2 Å². The van der Waals surface area contributed by atoms with E-state index in [1.54, 1.807) is 19.2 Å². The molecule has 1 unspecified atom stereocenters. The van der Waals surface area contributed by atoms with Crippen molar-refractivity contribution in [3.63, 3.8) is 0 Å². The number of ether oxygens (including phenoxy) is 2. The Labute approximate surface area is 225 Å². The molecule has 2 aliphatic rings. The number of carbonyl (C=O) groups is 2. The molecule has 8 nitrogen and oxygen atoms in total. The molecule has 1 saturated heterocycles. The molecule has 8 heteroatoms. The molecule has 0 bridgehead atoms. The molecule has 38 heavy (non-hydrogen) atoms. The maximum Gasteiger partial charge on any atom is 0.305 e. The van der Waals surface area contributed by atoms with Gasteiger partial charge in [0.05, 0.1) is 25.3 Å². The molecule has 2 aromatic carbocycles. The first kappa shape index (κ1) is 27.5. The van der Waals surface area contributed by atoms with Crippen LogP contribution in [0.4, 0.5) is 5.69 Å². The fraction of sp³-hybridized carbons (Fsp3) is 0.500. The number of rotatable bonds is 8. The van der Waals surface area contributed by atoms with Gasteiger partial charge in [-0.3, -0.25) is 9.59 Å². The number of aliphatic imine (C=N–C) groups is 1. The van der Waals surface area contributed by atoms with Crippen LogP contribution in [0.2, 0.25) is 0 Å². The van der Waals surface area contributed by atoms with E-state index < -0.39 is 5.97 Å². The zero-order valence-corrected chi connectivity index (χ0v) is 22.8. The number of carboxylic acid groups (broad SMARTS) is 1. The number of aliphatic carboxylic acids is 1. The molecular weight excluding hydrogens is 482 g/mol. The second-order valence-electron chi connectivity index (χ2n) is 11.2. The highest BCUT2D eigenvalue weighted by Gasteiger charge is 2.40. The highest BCUT2D eigenvalue weighted by atomic mass is 16.5. The molecule has 1 aliphatic heterocycles. The molecule has 204 valence electrons. The lowest BCUT2D eigenvalue weighted by Crippen LogP contribution is -2.42. The SMILES string of the molecule is COc1cccc(/N=C2\OCC(c3ccc(C(=O)NCCC(=O)O)cc3)N2C2CCC(C(C)(C)C)CC2)c1. The van der Waals surface area contributed by atoms with Crippen LogP contribution in [0.1, 0.15) is 74.8 Å². The second-order valence-corrected chi connectivity index (χ2v) is 11.2. The summed E-state index contributed by atoms with van der Waals surface area (Å²) >= 11 is 0. The summed E-state index contributed by atoms with van der Waals surface area (Å²) in [6.07, 6.45) is 4.37. The molecule has 1 saturated carbocycles. The first-order chi connectivity index (χ1) is 18.2. The van der Waals surface area contributed by atoms with Crippen LogP contribution in [0, 0.1) is 11.3 Å². The number of hydrogen-bond acceptors (Lipinski definition) is 5. The first-order valence-electron chi connectivity index (χ1n) is 13.4. The predicted molar refractivity (Wildman–Crippen MR) is 147 cm³/mol. The Bertz CT molecular complexity index is 1150. The van der Waals surface area contributed by atoms with Crippen LogP contribution in [0.25, 0.3) is 0 Å². The van der Waals surface area contributed by atoms with Gasteiger partial charge in [0.15, 0.2) is 0 Å². The van der Waals surface area contributed by atoms with Crippen molar-refractivity contribution in [3.8, 4) is 5.75 Å². The van der Waals surface area contributed by atoms with Crippen molar-refractivity contribution in [2.45, 2.75) is 65.0 Å². The summed E-state index contributed by atoms with van der Waals surface area (Å²) in [6, 6.07) is 16.1. The van der Waals surface area contributed by atoms with Crippen molar-refractivity contribution in [3.05, 3.63) is 59.7 Å². The fourth-order valence-corrected chi connectivity index (χ4v) is 5.45. The maximum absolute atomic E-state index is 12.4. The summed E-state index contributed by atoms with van der Waals surface area (Å²) in [6.45, 7) is 7.56. The highest BCUT2D eigenvalue weighted by molar-refractivity contribution is 5.94. The Hall–Kier alpha value is -3.55. The van der Waals surface area contributed by atoms with E-state index >= 15 is 0 Å². The molecule has 0 radical (unpaired) electrons. The van der Waals surface area contributed by atoms with Gasteiger partial charge in [0.2, 0.25) is 0 Å². The van der Waals surface area contributed by atoms with E-state index in [-0.39, 0.29) is 24.9 Å². The smallest absolute Gasteiger partial charge is 0.305 e. The van der Waals surface area contributed by atoms with Gasteiger partial charge in [0.25, 0.3) is 11.9 Å². The molecule has 0 aromatic heterocycles. The number of amidine groups is 1. The summed E-state index contributed by atoms with van der Waals surface area (Å²) in [4.78, 5) is 30.4. The van der Waals surface area contributed by atoms with E-state index in [1.807, 2.05) is 36.4 Å². The number of carbonyl (C=O) groups excluding carboxylic acids is 1. The average Bonchev–Trinajstić information content (AvgIpc) is 3.31. The molecule has 1 amide bonds. The Balaban J connectivity index is 1.56. The molecule has 1 aliphatic carbocycles. The number of hydrogen-bond donors (Lipinski definition) is 2. The minimum Gasteiger partial charge on any atom is -0.497 e. The van der Waals surface area contributed by atoms with Crippen LogP contribution in [0.15, 0.2) is 53.5 Å². The monoisotopic (exact) mass is 521 g/mol. The van der Waals surface area contributed by atoms with Crippen LogP contribution in [0.3, 0.4) is 0 Å². The minimum absolute atomic E-state index is 0.0142. The number of amides is 1. The predicted octanol–water partition coefficient (Wildman–Crippen LogP) is 5.57. The standard InChI is InChI=1S/C30H39N3O5/c1-30(2,3)22-12-14-24(15-13-22)33-26(19-38-29(33)32-23-6-5-7-25(18-23)37-4)20-8-10-21(11-9-20)28(36)31-17-16-27(34)35/h5-11,18,22,24,26H,12-17,19H2,1-4H3,(H,31,36)(H,34,35)/b32-29-. The minimum atomic E-state index is -0.940. The van der Waals surface area contributed by atoms with Crippen LogP contribution >= 0.6 is 0 Å². The quantitative estimate of drug-likeness (QED) is 0.471. The summed E-state index contributed by atoms with van der Waals surface area (Å²) < 4.78 is 11.6. The number of methoxy groups -OCH3 is 1. The number of benzene rings is 2. The summed E-state index contributed by atoms with van der Waals surface area (Å²) in [5.41, 5.74) is 2.63. The van der Waals surface area contributed by atoms with Gasteiger partial charge in [-0.05, 0) is 66.8 Å². The zero-order chi connectivity index (χ0) is 27.3. The van der Waals surface area contributed by atoms with E-state index in [0.29, 0.717) is 35.6 Å². The summed E-state index contributed by atoms with van der Waals surface area (Å²) in [5.74, 6) is 0.220. The van der Waals surface area contributed by atoms with E-state index in [0.717, 1.165) is 29.8 Å². The molecule has 1 heterocycles. The van der Waals surface area contributed by atoms with Gasteiger partial charge in [-0.25, -0.2) is 0 Å². The summed E-state index contributed by atoms with van der Waals surface area (Å²) in [5, 5.41) is 11.5. The van der Waals surface area contributed by atoms with Crippen molar-refractivity contribution < 1.29 is 24.2 Å². The third kappa shape index (κ3) is 6.65. The van der Waals surface area contributed by atoms with Crippen LogP contribution < -0.4 is 10.1 Å². The zero-order valence-electron chi connectivity index (χ0n) is 22.8. The van der Waals surface area contributed by atoms with Gasteiger partial charge in [-0.2, -0.15) is 4.99 Å². The average molecular weight is 522 g/mol. The normalized spacial score (nSPS) is 22.7. The highest BCUT2D eigenvalue weighted by Crippen LogP contribution is 2.42. The lowest BCUT2D eigenvalue weighted by Gasteiger charge is -2.41. The van der Waals surface area contributed by atoms with Crippen molar-refractivity contribution in [2.24, 2.45) is 16.3 Å².